The number of fused-ring (bicyclic) bond motifs is 1. The summed E-state index contributed by atoms with van der Waals surface area (Å²) in [6.45, 7) is 2.68. The predicted molar refractivity (Wildman–Crippen MR) is 110 cm³/mol. The van der Waals surface area contributed by atoms with Gasteiger partial charge in [0.2, 0.25) is 6.10 Å². The van der Waals surface area contributed by atoms with E-state index < -0.39 is 6.10 Å². The quantitative estimate of drug-likeness (QED) is 0.668. The standard InChI is InChI=1S/C23H25N3O3/c1-17(11-12-18-7-3-2-4-8-18)26(15-22-24-13-14-25-22)23(27)21-16-28-19-9-5-6-10-20(19)29-21/h2-10,13-14,17,21H,11-12,15-16H2,1H3,(H,24,25)/t17-,21+/m1/s1. The molecule has 6 nitrogen and oxygen atoms in total. The van der Waals surface area contributed by atoms with Crippen molar-refractivity contribution in [2.45, 2.75) is 38.5 Å². The highest BCUT2D eigenvalue weighted by molar-refractivity contribution is 5.82. The average molecular weight is 391 g/mol. The van der Waals surface area contributed by atoms with Gasteiger partial charge in [-0.2, -0.15) is 0 Å². The normalized spacial score (nSPS) is 16.2. The maximum atomic E-state index is 13.4. The summed E-state index contributed by atoms with van der Waals surface area (Å²) in [6, 6.07) is 17.8. The van der Waals surface area contributed by atoms with E-state index in [0.717, 1.165) is 18.7 Å². The summed E-state index contributed by atoms with van der Waals surface area (Å²) < 4.78 is 11.7. The molecule has 1 amide bonds. The summed E-state index contributed by atoms with van der Waals surface area (Å²) >= 11 is 0. The Hall–Kier alpha value is -3.28. The van der Waals surface area contributed by atoms with Gasteiger partial charge in [-0.3, -0.25) is 4.79 Å². The third kappa shape index (κ3) is 4.59. The number of benzene rings is 2. The molecule has 2 aromatic carbocycles. The molecule has 0 radical (unpaired) electrons. The maximum Gasteiger partial charge on any atom is 0.267 e. The van der Waals surface area contributed by atoms with Gasteiger partial charge in [0.25, 0.3) is 5.91 Å². The van der Waals surface area contributed by atoms with Gasteiger partial charge in [0.1, 0.15) is 12.4 Å². The zero-order valence-electron chi connectivity index (χ0n) is 16.5. The summed E-state index contributed by atoms with van der Waals surface area (Å²) in [6.07, 6.45) is 4.54. The number of amides is 1. The van der Waals surface area contributed by atoms with Gasteiger partial charge in [-0.15, -0.1) is 0 Å². The number of hydrogen-bond donors (Lipinski definition) is 1. The van der Waals surface area contributed by atoms with Crippen molar-refractivity contribution < 1.29 is 14.3 Å². The average Bonchev–Trinajstić information content (AvgIpc) is 3.29. The molecular formula is C23H25N3O3. The molecule has 0 bridgehead atoms. The number of ether oxygens (including phenoxy) is 2. The molecule has 3 aromatic rings. The molecule has 1 aromatic heterocycles. The third-order valence-corrected chi connectivity index (χ3v) is 5.17. The van der Waals surface area contributed by atoms with Crippen molar-refractivity contribution >= 4 is 5.91 Å². The second kappa shape index (κ2) is 8.82. The van der Waals surface area contributed by atoms with Crippen LogP contribution in [0.15, 0.2) is 67.0 Å². The Kier molecular flexibility index (Phi) is 5.79. The zero-order chi connectivity index (χ0) is 20.1. The van der Waals surface area contributed by atoms with Crippen molar-refractivity contribution in [2.75, 3.05) is 6.61 Å². The molecule has 4 rings (SSSR count). The van der Waals surface area contributed by atoms with Gasteiger partial charge in [-0.25, -0.2) is 4.98 Å². The number of aromatic nitrogens is 2. The van der Waals surface area contributed by atoms with E-state index in [9.17, 15) is 4.79 Å². The van der Waals surface area contributed by atoms with Crippen LogP contribution in [0.4, 0.5) is 0 Å². The lowest BCUT2D eigenvalue weighted by atomic mass is 10.0. The van der Waals surface area contributed by atoms with E-state index in [1.165, 1.54) is 5.56 Å². The van der Waals surface area contributed by atoms with Crippen molar-refractivity contribution in [1.29, 1.82) is 0 Å². The molecule has 0 saturated carbocycles. The second-order valence-electron chi connectivity index (χ2n) is 7.24. The van der Waals surface area contributed by atoms with Crippen LogP contribution in [0.25, 0.3) is 0 Å². The minimum atomic E-state index is -0.668. The van der Waals surface area contributed by atoms with E-state index in [1.807, 2.05) is 47.4 Å². The SMILES string of the molecule is C[C@H](CCc1ccccc1)N(Cc1ncc[nH]1)C(=O)[C@@H]1COc2ccccc2O1. The lowest BCUT2D eigenvalue weighted by molar-refractivity contribution is -0.144. The van der Waals surface area contributed by atoms with Gasteiger partial charge < -0.3 is 19.4 Å². The van der Waals surface area contributed by atoms with Crippen molar-refractivity contribution in [3.05, 3.63) is 78.4 Å². The first kappa shape index (κ1) is 19.1. The van der Waals surface area contributed by atoms with E-state index >= 15 is 0 Å². The molecule has 1 aliphatic heterocycles. The van der Waals surface area contributed by atoms with Crippen molar-refractivity contribution in [1.82, 2.24) is 14.9 Å². The number of imidazole rings is 1. The Balaban J connectivity index is 1.48. The molecule has 29 heavy (non-hydrogen) atoms. The summed E-state index contributed by atoms with van der Waals surface area (Å²) in [4.78, 5) is 22.6. The number of nitrogens with one attached hydrogen (secondary N) is 1. The van der Waals surface area contributed by atoms with Crippen LogP contribution in [0.5, 0.6) is 11.5 Å². The first-order chi connectivity index (χ1) is 14.2. The molecule has 2 atom stereocenters. The van der Waals surface area contributed by atoms with E-state index in [4.69, 9.17) is 9.47 Å². The number of carbonyl (C=O) groups excluding carboxylic acids is 1. The first-order valence-corrected chi connectivity index (χ1v) is 9.92. The Morgan fingerprint density at radius 1 is 1.17 bits per heavy atom. The maximum absolute atomic E-state index is 13.4. The number of aromatic amines is 1. The molecule has 0 spiro atoms. The molecule has 6 heteroatoms. The number of hydrogen-bond acceptors (Lipinski definition) is 4. The number of carbonyl (C=O) groups is 1. The highest BCUT2D eigenvalue weighted by Gasteiger charge is 2.33. The number of para-hydroxylation sites is 2. The van der Waals surface area contributed by atoms with Gasteiger partial charge in [0.15, 0.2) is 11.5 Å². The Bertz CT molecular complexity index is 928. The molecule has 1 aliphatic rings. The smallest absolute Gasteiger partial charge is 0.267 e. The van der Waals surface area contributed by atoms with E-state index in [1.54, 1.807) is 12.4 Å². The molecule has 0 saturated heterocycles. The van der Waals surface area contributed by atoms with Gasteiger partial charge in [-0.05, 0) is 37.5 Å². The highest BCUT2D eigenvalue weighted by atomic mass is 16.6. The topological polar surface area (TPSA) is 67.5 Å². The van der Waals surface area contributed by atoms with E-state index in [2.05, 4.69) is 29.0 Å². The number of H-pyrrole nitrogens is 1. The molecule has 1 N–H and O–H groups in total. The zero-order valence-corrected chi connectivity index (χ0v) is 16.5. The van der Waals surface area contributed by atoms with Crippen LogP contribution in [-0.4, -0.2) is 39.5 Å². The molecule has 0 unspecified atom stereocenters. The fourth-order valence-corrected chi connectivity index (χ4v) is 3.50. The van der Waals surface area contributed by atoms with Gasteiger partial charge >= 0.3 is 0 Å². The predicted octanol–water partition coefficient (Wildman–Crippen LogP) is 3.60. The summed E-state index contributed by atoms with van der Waals surface area (Å²) in [5.41, 5.74) is 1.26. The van der Waals surface area contributed by atoms with Gasteiger partial charge in [0, 0.05) is 18.4 Å². The van der Waals surface area contributed by atoms with Gasteiger partial charge in [0.05, 0.1) is 6.54 Å². The minimum Gasteiger partial charge on any atom is -0.485 e. The van der Waals surface area contributed by atoms with Crippen LogP contribution >= 0.6 is 0 Å². The lowest BCUT2D eigenvalue weighted by Crippen LogP contribution is -2.49. The number of aryl methyl sites for hydroxylation is 1. The highest BCUT2D eigenvalue weighted by Crippen LogP contribution is 2.31. The number of rotatable bonds is 7. The lowest BCUT2D eigenvalue weighted by Gasteiger charge is -2.34. The molecular weight excluding hydrogens is 366 g/mol. The third-order valence-electron chi connectivity index (χ3n) is 5.17. The summed E-state index contributed by atoms with van der Waals surface area (Å²) in [7, 11) is 0. The Morgan fingerprint density at radius 3 is 2.69 bits per heavy atom. The van der Waals surface area contributed by atoms with Crippen LogP contribution in [0.3, 0.4) is 0 Å². The Labute approximate surface area is 170 Å². The monoisotopic (exact) mass is 391 g/mol. The molecule has 0 fully saturated rings. The molecule has 150 valence electrons. The van der Waals surface area contributed by atoms with Crippen molar-refractivity contribution in [2.24, 2.45) is 0 Å². The van der Waals surface area contributed by atoms with Crippen LogP contribution in [0, 0.1) is 0 Å². The van der Waals surface area contributed by atoms with Gasteiger partial charge in [-0.1, -0.05) is 42.5 Å². The number of nitrogens with zero attached hydrogens (tertiary/aromatic N) is 2. The van der Waals surface area contributed by atoms with E-state index in [-0.39, 0.29) is 18.6 Å². The minimum absolute atomic E-state index is 0.0218. The fraction of sp³-hybridized carbons (Fsp3) is 0.304. The van der Waals surface area contributed by atoms with Crippen LogP contribution in [-0.2, 0) is 17.8 Å². The molecule has 0 aliphatic carbocycles. The second-order valence-corrected chi connectivity index (χ2v) is 7.24. The first-order valence-electron chi connectivity index (χ1n) is 9.92. The van der Waals surface area contributed by atoms with Crippen LogP contribution < -0.4 is 9.47 Å². The van der Waals surface area contributed by atoms with Crippen LogP contribution in [0.1, 0.15) is 24.7 Å². The fourth-order valence-electron chi connectivity index (χ4n) is 3.50. The van der Waals surface area contributed by atoms with E-state index in [0.29, 0.717) is 18.0 Å². The Morgan fingerprint density at radius 2 is 1.93 bits per heavy atom. The largest absolute Gasteiger partial charge is 0.485 e. The molecule has 2 heterocycles. The van der Waals surface area contributed by atoms with Crippen molar-refractivity contribution in [3.8, 4) is 11.5 Å². The van der Waals surface area contributed by atoms with Crippen molar-refractivity contribution in [3.63, 3.8) is 0 Å². The summed E-state index contributed by atoms with van der Waals surface area (Å²) in [5.74, 6) is 1.94. The van der Waals surface area contributed by atoms with Crippen LogP contribution in [0.2, 0.25) is 0 Å². The summed E-state index contributed by atoms with van der Waals surface area (Å²) in [5, 5.41) is 0.